The van der Waals surface area contributed by atoms with E-state index in [0.717, 1.165) is 63.7 Å². The van der Waals surface area contributed by atoms with Gasteiger partial charge < -0.3 is 14.2 Å². The second-order valence-electron chi connectivity index (χ2n) is 7.49. The molecule has 4 unspecified atom stereocenters. The van der Waals surface area contributed by atoms with Crippen LogP contribution in [0.3, 0.4) is 0 Å². The summed E-state index contributed by atoms with van der Waals surface area (Å²) in [7, 11) is 0. The van der Waals surface area contributed by atoms with Gasteiger partial charge in [0.2, 0.25) is 0 Å². The summed E-state index contributed by atoms with van der Waals surface area (Å²) in [5.41, 5.74) is 1.09. The SMILES string of the molecule is C=C(C)CCC(OC(C)=O)C(C)CCCC12CCC(COC1)O2. The highest BCUT2D eigenvalue weighted by Crippen LogP contribution is 2.38. The van der Waals surface area contributed by atoms with E-state index in [1.165, 1.54) is 6.92 Å². The van der Waals surface area contributed by atoms with E-state index < -0.39 is 0 Å². The second-order valence-corrected chi connectivity index (χ2v) is 7.49. The molecule has 2 heterocycles. The van der Waals surface area contributed by atoms with Crippen molar-refractivity contribution in [1.82, 2.24) is 0 Å². The van der Waals surface area contributed by atoms with E-state index in [-0.39, 0.29) is 17.7 Å². The normalized spacial score (nSPS) is 29.1. The quantitative estimate of drug-likeness (QED) is 0.474. The number of carbonyl (C=O) groups is 1. The molecule has 23 heavy (non-hydrogen) atoms. The molecular formula is C19H32O4. The molecule has 0 aliphatic carbocycles. The molecule has 2 aliphatic heterocycles. The van der Waals surface area contributed by atoms with E-state index in [4.69, 9.17) is 14.2 Å². The van der Waals surface area contributed by atoms with Crippen LogP contribution in [-0.2, 0) is 19.0 Å². The zero-order chi connectivity index (χ0) is 16.9. The number of rotatable bonds is 9. The summed E-state index contributed by atoms with van der Waals surface area (Å²) in [5, 5.41) is 0. The van der Waals surface area contributed by atoms with Gasteiger partial charge in [0.25, 0.3) is 0 Å². The molecule has 2 fully saturated rings. The average molecular weight is 324 g/mol. The van der Waals surface area contributed by atoms with Crippen LogP contribution < -0.4 is 0 Å². The summed E-state index contributed by atoms with van der Waals surface area (Å²) in [6.07, 6.45) is 7.49. The minimum atomic E-state index is -0.190. The smallest absolute Gasteiger partial charge is 0.302 e. The molecule has 0 radical (unpaired) electrons. The first-order chi connectivity index (χ1) is 10.9. The lowest BCUT2D eigenvalue weighted by atomic mass is 9.89. The van der Waals surface area contributed by atoms with Gasteiger partial charge in [-0.3, -0.25) is 4.79 Å². The van der Waals surface area contributed by atoms with Gasteiger partial charge >= 0.3 is 5.97 Å². The summed E-state index contributed by atoms with van der Waals surface area (Å²) in [4.78, 5) is 11.3. The fourth-order valence-electron chi connectivity index (χ4n) is 3.74. The molecule has 0 saturated carbocycles. The van der Waals surface area contributed by atoms with Crippen molar-refractivity contribution in [2.75, 3.05) is 13.2 Å². The molecule has 0 aromatic carbocycles. The van der Waals surface area contributed by atoms with Gasteiger partial charge in [0.1, 0.15) is 6.10 Å². The predicted molar refractivity (Wildman–Crippen MR) is 90.3 cm³/mol. The van der Waals surface area contributed by atoms with Crippen LogP contribution in [-0.4, -0.2) is 37.0 Å². The average Bonchev–Trinajstić information content (AvgIpc) is 2.77. The topological polar surface area (TPSA) is 44.8 Å². The number of fused-ring (bicyclic) bond motifs is 2. The first-order valence-corrected chi connectivity index (χ1v) is 8.97. The van der Waals surface area contributed by atoms with Crippen molar-refractivity contribution in [3.05, 3.63) is 12.2 Å². The number of hydrogen-bond acceptors (Lipinski definition) is 4. The zero-order valence-corrected chi connectivity index (χ0v) is 14.9. The summed E-state index contributed by atoms with van der Waals surface area (Å²) in [6.45, 7) is 11.1. The van der Waals surface area contributed by atoms with Crippen molar-refractivity contribution in [1.29, 1.82) is 0 Å². The van der Waals surface area contributed by atoms with E-state index >= 15 is 0 Å². The molecule has 2 saturated heterocycles. The first kappa shape index (κ1) is 18.5. The molecule has 2 rings (SSSR count). The number of ether oxygens (including phenoxy) is 3. The molecule has 4 nitrogen and oxygen atoms in total. The Balaban J connectivity index is 1.77. The maximum atomic E-state index is 11.3. The standard InChI is InChI=1S/C19H32O4/c1-14(2)7-8-18(22-16(4)20)15(3)6-5-10-19-11-9-17(23-19)12-21-13-19/h15,17-18H,1,5-13H2,2-4H3. The minimum Gasteiger partial charge on any atom is -0.462 e. The molecule has 4 heteroatoms. The molecule has 132 valence electrons. The summed E-state index contributed by atoms with van der Waals surface area (Å²) in [5.74, 6) is 0.168. The minimum absolute atomic E-state index is 0.0125. The largest absolute Gasteiger partial charge is 0.462 e. The van der Waals surface area contributed by atoms with Crippen molar-refractivity contribution in [3.63, 3.8) is 0 Å². The van der Waals surface area contributed by atoms with Crippen molar-refractivity contribution in [2.24, 2.45) is 5.92 Å². The van der Waals surface area contributed by atoms with Crippen LogP contribution in [0, 0.1) is 5.92 Å². The molecule has 4 atom stereocenters. The lowest BCUT2D eigenvalue weighted by Crippen LogP contribution is -2.40. The molecule has 0 amide bonds. The second kappa shape index (κ2) is 8.29. The fraction of sp³-hybridized carbons (Fsp3) is 0.842. The van der Waals surface area contributed by atoms with Crippen LogP contribution in [0.1, 0.15) is 65.7 Å². The van der Waals surface area contributed by atoms with Crippen molar-refractivity contribution < 1.29 is 19.0 Å². The van der Waals surface area contributed by atoms with E-state index in [2.05, 4.69) is 13.5 Å². The number of carbonyl (C=O) groups excluding carboxylic acids is 1. The molecule has 2 aliphatic rings. The maximum absolute atomic E-state index is 11.3. The highest BCUT2D eigenvalue weighted by atomic mass is 16.6. The predicted octanol–water partition coefficient (Wildman–Crippen LogP) is 4.03. The number of allylic oxidation sites excluding steroid dienone is 1. The fourth-order valence-corrected chi connectivity index (χ4v) is 3.74. The first-order valence-electron chi connectivity index (χ1n) is 8.97. The summed E-state index contributed by atoms with van der Waals surface area (Å²) < 4.78 is 17.4. The monoisotopic (exact) mass is 324 g/mol. The van der Waals surface area contributed by atoms with Gasteiger partial charge in [-0.05, 0) is 51.4 Å². The van der Waals surface area contributed by atoms with Crippen LogP contribution in [0.25, 0.3) is 0 Å². The lowest BCUT2D eigenvalue weighted by molar-refractivity contribution is -0.162. The third kappa shape index (κ3) is 5.61. The molecular weight excluding hydrogens is 292 g/mol. The highest BCUT2D eigenvalue weighted by molar-refractivity contribution is 5.66. The Labute approximate surface area is 140 Å². The summed E-state index contributed by atoms with van der Waals surface area (Å²) in [6, 6.07) is 0. The van der Waals surface area contributed by atoms with Crippen LogP contribution in [0.5, 0.6) is 0 Å². The van der Waals surface area contributed by atoms with Gasteiger partial charge in [-0.1, -0.05) is 18.9 Å². The van der Waals surface area contributed by atoms with Crippen LogP contribution in [0.15, 0.2) is 12.2 Å². The van der Waals surface area contributed by atoms with Gasteiger partial charge in [-0.2, -0.15) is 0 Å². The molecule has 2 bridgehead atoms. The van der Waals surface area contributed by atoms with Crippen molar-refractivity contribution >= 4 is 5.97 Å². The Morgan fingerprint density at radius 3 is 2.87 bits per heavy atom. The highest BCUT2D eigenvalue weighted by Gasteiger charge is 2.43. The van der Waals surface area contributed by atoms with E-state index in [0.29, 0.717) is 12.0 Å². The van der Waals surface area contributed by atoms with E-state index in [1.807, 2.05) is 6.92 Å². The Morgan fingerprint density at radius 2 is 2.17 bits per heavy atom. The van der Waals surface area contributed by atoms with Gasteiger partial charge in [0, 0.05) is 6.92 Å². The van der Waals surface area contributed by atoms with E-state index in [9.17, 15) is 4.79 Å². The molecule has 0 aromatic heterocycles. The van der Waals surface area contributed by atoms with Gasteiger partial charge in [0.15, 0.2) is 0 Å². The Bertz CT molecular complexity index is 416. The Kier molecular flexibility index (Phi) is 6.66. The third-order valence-corrected chi connectivity index (χ3v) is 5.11. The number of hydrogen-bond donors (Lipinski definition) is 0. The Morgan fingerprint density at radius 1 is 1.39 bits per heavy atom. The zero-order valence-electron chi connectivity index (χ0n) is 14.9. The number of esters is 1. The van der Waals surface area contributed by atoms with Crippen molar-refractivity contribution in [2.45, 2.75) is 83.5 Å². The molecule has 0 spiro atoms. The summed E-state index contributed by atoms with van der Waals surface area (Å²) >= 11 is 0. The van der Waals surface area contributed by atoms with Gasteiger partial charge in [0.05, 0.1) is 24.9 Å². The molecule has 0 aromatic rings. The van der Waals surface area contributed by atoms with Crippen molar-refractivity contribution in [3.8, 4) is 0 Å². The lowest BCUT2D eigenvalue weighted by Gasteiger charge is -2.34. The van der Waals surface area contributed by atoms with Crippen LogP contribution in [0.2, 0.25) is 0 Å². The third-order valence-electron chi connectivity index (χ3n) is 5.11. The van der Waals surface area contributed by atoms with Crippen LogP contribution in [0.4, 0.5) is 0 Å². The van der Waals surface area contributed by atoms with Crippen LogP contribution >= 0.6 is 0 Å². The van der Waals surface area contributed by atoms with E-state index in [1.54, 1.807) is 0 Å². The van der Waals surface area contributed by atoms with Gasteiger partial charge in [-0.15, -0.1) is 6.58 Å². The molecule has 0 N–H and O–H groups in total. The maximum Gasteiger partial charge on any atom is 0.302 e. The Hall–Kier alpha value is -0.870. The van der Waals surface area contributed by atoms with Gasteiger partial charge in [-0.25, -0.2) is 0 Å².